The highest BCUT2D eigenvalue weighted by atomic mass is 35.5. The fourth-order valence-electron chi connectivity index (χ4n) is 1.59. The van der Waals surface area contributed by atoms with E-state index in [9.17, 15) is 14.7 Å². The summed E-state index contributed by atoms with van der Waals surface area (Å²) in [5, 5.41) is 16.2. The minimum absolute atomic E-state index is 0.0647. The van der Waals surface area contributed by atoms with Gasteiger partial charge in [-0.05, 0) is 35.8 Å². The second-order valence-corrected chi connectivity index (χ2v) is 6.20. The van der Waals surface area contributed by atoms with Crippen molar-refractivity contribution >= 4 is 69.4 Å². The van der Waals surface area contributed by atoms with Crippen molar-refractivity contribution in [3.05, 3.63) is 50.1 Å². The average molecular weight is 375 g/mol. The number of hydrogen-bond acceptors (Lipinski definition) is 4. The Hall–Kier alpha value is -1.67. The number of carboxylic acid groups (broad SMARTS) is 1. The molecule has 0 aliphatic carbocycles. The van der Waals surface area contributed by atoms with Crippen molar-refractivity contribution in [3.8, 4) is 0 Å². The van der Waals surface area contributed by atoms with Gasteiger partial charge in [-0.15, -0.1) is 11.3 Å². The monoisotopic (exact) mass is 374 g/mol. The van der Waals surface area contributed by atoms with Crippen molar-refractivity contribution in [2.75, 3.05) is 5.32 Å². The lowest BCUT2D eigenvalue weighted by Crippen LogP contribution is -2.34. The van der Waals surface area contributed by atoms with Crippen LogP contribution in [0.1, 0.15) is 20.0 Å². The van der Waals surface area contributed by atoms with E-state index in [0.717, 1.165) is 0 Å². The first-order chi connectivity index (χ1) is 10.4. The van der Waals surface area contributed by atoms with Crippen molar-refractivity contribution in [3.63, 3.8) is 0 Å². The van der Waals surface area contributed by atoms with Gasteiger partial charge in [0.05, 0.1) is 21.2 Å². The van der Waals surface area contributed by atoms with E-state index >= 15 is 0 Å². The Labute approximate surface area is 144 Å². The summed E-state index contributed by atoms with van der Waals surface area (Å²) in [7, 11) is 0. The first kappa shape index (κ1) is 16.7. The highest BCUT2D eigenvalue weighted by Gasteiger charge is 2.17. The van der Waals surface area contributed by atoms with Crippen LogP contribution in [0.25, 0.3) is 0 Å². The molecule has 0 fully saturated rings. The second kappa shape index (κ2) is 7.06. The van der Waals surface area contributed by atoms with Crippen molar-refractivity contribution in [2.24, 2.45) is 0 Å². The summed E-state index contributed by atoms with van der Waals surface area (Å²) in [6, 6.07) is 5.98. The van der Waals surface area contributed by atoms with Gasteiger partial charge < -0.3 is 10.4 Å². The van der Waals surface area contributed by atoms with Gasteiger partial charge in [-0.2, -0.15) is 0 Å². The van der Waals surface area contributed by atoms with Crippen molar-refractivity contribution in [1.29, 1.82) is 0 Å². The lowest BCUT2D eigenvalue weighted by Gasteiger charge is -2.13. The molecule has 2 aromatic rings. The summed E-state index contributed by atoms with van der Waals surface area (Å²) in [5.41, 5.74) is -0.0831. The van der Waals surface area contributed by atoms with E-state index < -0.39 is 11.9 Å². The van der Waals surface area contributed by atoms with E-state index in [1.165, 1.54) is 23.5 Å². The van der Waals surface area contributed by atoms with E-state index in [0.29, 0.717) is 4.88 Å². The molecule has 0 spiro atoms. The Kier molecular flexibility index (Phi) is 5.36. The van der Waals surface area contributed by atoms with Gasteiger partial charge in [-0.3, -0.25) is 10.1 Å². The van der Waals surface area contributed by atoms with E-state index in [-0.39, 0.29) is 26.4 Å². The molecule has 0 bridgehead atoms. The van der Waals surface area contributed by atoms with Crippen LogP contribution < -0.4 is 10.6 Å². The van der Waals surface area contributed by atoms with Gasteiger partial charge in [-0.1, -0.05) is 29.3 Å². The second-order valence-electron chi connectivity index (χ2n) is 4.00. The standard InChI is InChI=1S/C13H8Cl2N2O3S2/c14-6-4-7(12(19)20)10(8(15)5-6)16-13(21)17-11(18)9-2-1-3-22-9/h1-5H,(H,19,20)(H2,16,17,18,21). The van der Waals surface area contributed by atoms with Crippen molar-refractivity contribution in [1.82, 2.24) is 5.32 Å². The number of nitrogens with one attached hydrogen (secondary N) is 2. The molecule has 0 aliphatic heterocycles. The summed E-state index contributed by atoms with van der Waals surface area (Å²) in [5.74, 6) is -1.62. The normalized spacial score (nSPS) is 10.1. The zero-order valence-electron chi connectivity index (χ0n) is 10.7. The number of anilines is 1. The van der Waals surface area contributed by atoms with E-state index in [1.54, 1.807) is 17.5 Å². The van der Waals surface area contributed by atoms with Crippen molar-refractivity contribution < 1.29 is 14.7 Å². The van der Waals surface area contributed by atoms with Crippen LogP contribution in [0.15, 0.2) is 29.6 Å². The lowest BCUT2D eigenvalue weighted by molar-refractivity contribution is 0.0698. The third-order valence-corrected chi connectivity index (χ3v) is 4.09. The molecular weight excluding hydrogens is 367 g/mol. The average Bonchev–Trinajstić information content (AvgIpc) is 2.95. The summed E-state index contributed by atoms with van der Waals surface area (Å²) in [6.07, 6.45) is 0. The molecule has 0 saturated carbocycles. The molecule has 3 N–H and O–H groups in total. The number of aromatic carboxylic acids is 1. The SMILES string of the molecule is O=C(NC(=S)Nc1c(Cl)cc(Cl)cc1C(=O)O)c1cccs1. The minimum Gasteiger partial charge on any atom is -0.478 e. The minimum atomic E-state index is -1.22. The van der Waals surface area contributed by atoms with Crippen LogP contribution in [0.2, 0.25) is 10.0 Å². The topological polar surface area (TPSA) is 78.4 Å². The maximum atomic E-state index is 11.9. The molecule has 9 heteroatoms. The predicted octanol–water partition coefficient (Wildman–Crippen LogP) is 3.88. The summed E-state index contributed by atoms with van der Waals surface area (Å²) >= 11 is 18.0. The number of thiocarbonyl (C=S) groups is 1. The van der Waals surface area contributed by atoms with E-state index in [2.05, 4.69) is 10.6 Å². The van der Waals surface area contributed by atoms with Crippen LogP contribution >= 0.6 is 46.8 Å². The maximum Gasteiger partial charge on any atom is 0.337 e. The number of rotatable bonds is 3. The molecule has 5 nitrogen and oxygen atoms in total. The molecule has 2 rings (SSSR count). The van der Waals surface area contributed by atoms with Crippen LogP contribution in [0.5, 0.6) is 0 Å². The van der Waals surface area contributed by atoms with E-state index in [1.807, 2.05) is 0 Å². The zero-order valence-corrected chi connectivity index (χ0v) is 13.9. The number of carbonyl (C=O) groups excluding carboxylic acids is 1. The molecule has 1 heterocycles. The molecule has 0 saturated heterocycles. The Balaban J connectivity index is 2.18. The predicted molar refractivity (Wildman–Crippen MR) is 91.4 cm³/mol. The molecular formula is C13H8Cl2N2O3S2. The number of amides is 1. The first-order valence-corrected chi connectivity index (χ1v) is 7.81. The van der Waals surface area contributed by atoms with Crippen LogP contribution in [0.4, 0.5) is 5.69 Å². The molecule has 0 radical (unpaired) electrons. The van der Waals surface area contributed by atoms with Gasteiger partial charge in [0, 0.05) is 5.02 Å². The zero-order chi connectivity index (χ0) is 16.3. The number of thiophene rings is 1. The van der Waals surface area contributed by atoms with E-state index in [4.69, 9.17) is 35.4 Å². The van der Waals surface area contributed by atoms with Gasteiger partial charge >= 0.3 is 5.97 Å². The number of carbonyl (C=O) groups is 2. The van der Waals surface area contributed by atoms with Crippen LogP contribution in [-0.2, 0) is 0 Å². The Bertz CT molecular complexity index is 748. The molecule has 1 amide bonds. The van der Waals surface area contributed by atoms with Crippen LogP contribution in [-0.4, -0.2) is 22.1 Å². The van der Waals surface area contributed by atoms with Gasteiger partial charge in [0.25, 0.3) is 5.91 Å². The molecule has 114 valence electrons. The molecule has 0 aliphatic rings. The molecule has 0 unspecified atom stereocenters. The summed E-state index contributed by atoms with van der Waals surface area (Å²) in [4.78, 5) is 23.6. The number of halogens is 2. The van der Waals surface area contributed by atoms with Gasteiger partial charge in [0.15, 0.2) is 5.11 Å². The largest absolute Gasteiger partial charge is 0.478 e. The maximum absolute atomic E-state index is 11.9. The smallest absolute Gasteiger partial charge is 0.337 e. The third kappa shape index (κ3) is 3.95. The molecule has 0 atom stereocenters. The van der Waals surface area contributed by atoms with Gasteiger partial charge in [0.1, 0.15) is 0 Å². The lowest BCUT2D eigenvalue weighted by atomic mass is 10.2. The van der Waals surface area contributed by atoms with Gasteiger partial charge in [-0.25, -0.2) is 4.79 Å². The Morgan fingerprint density at radius 3 is 2.59 bits per heavy atom. The Morgan fingerprint density at radius 1 is 1.27 bits per heavy atom. The third-order valence-electron chi connectivity index (χ3n) is 2.50. The molecule has 1 aromatic carbocycles. The summed E-state index contributed by atoms with van der Waals surface area (Å²) in [6.45, 7) is 0. The van der Waals surface area contributed by atoms with Gasteiger partial charge in [0.2, 0.25) is 0 Å². The highest BCUT2D eigenvalue weighted by molar-refractivity contribution is 7.80. The number of hydrogen-bond donors (Lipinski definition) is 3. The number of benzene rings is 1. The summed E-state index contributed by atoms with van der Waals surface area (Å²) < 4.78 is 0. The highest BCUT2D eigenvalue weighted by Crippen LogP contribution is 2.30. The van der Waals surface area contributed by atoms with Crippen LogP contribution in [0.3, 0.4) is 0 Å². The molecule has 1 aromatic heterocycles. The fourth-order valence-corrected chi connectivity index (χ4v) is 2.94. The Morgan fingerprint density at radius 2 is 2.00 bits per heavy atom. The van der Waals surface area contributed by atoms with Crippen LogP contribution in [0, 0.1) is 0 Å². The first-order valence-electron chi connectivity index (χ1n) is 5.76. The molecule has 22 heavy (non-hydrogen) atoms. The quantitative estimate of drug-likeness (QED) is 0.710. The van der Waals surface area contributed by atoms with Crippen molar-refractivity contribution in [2.45, 2.75) is 0 Å². The number of carboxylic acids is 1. The fraction of sp³-hybridized carbons (Fsp3) is 0.